The fourth-order valence-electron chi connectivity index (χ4n) is 3.94. The first-order chi connectivity index (χ1) is 15.3. The van der Waals surface area contributed by atoms with Crippen LogP contribution in [0.1, 0.15) is 26.2 Å². The Hall–Kier alpha value is -2.31. The lowest BCUT2D eigenvalue weighted by molar-refractivity contribution is 0.136. The van der Waals surface area contributed by atoms with E-state index < -0.39 is 0 Å². The molecule has 2 N–H and O–H groups in total. The number of hydrogen-bond donors (Lipinski definition) is 2. The van der Waals surface area contributed by atoms with Gasteiger partial charge in [-0.1, -0.05) is 37.3 Å². The van der Waals surface area contributed by atoms with Gasteiger partial charge in [-0.05, 0) is 55.3 Å². The van der Waals surface area contributed by atoms with Crippen molar-refractivity contribution in [3.8, 4) is 5.75 Å². The summed E-state index contributed by atoms with van der Waals surface area (Å²) in [6.07, 6.45) is 3.33. The van der Waals surface area contributed by atoms with Crippen LogP contribution < -0.4 is 15.4 Å². The fourth-order valence-corrected chi connectivity index (χ4v) is 3.94. The maximum Gasteiger partial charge on any atom is 0.190 e. The van der Waals surface area contributed by atoms with Crippen LogP contribution in [0.25, 0.3) is 10.8 Å². The van der Waals surface area contributed by atoms with E-state index in [1.54, 1.807) is 0 Å². The topological polar surface area (TPSA) is 52.1 Å². The first-order valence-electron chi connectivity index (χ1n) is 11.8. The molecule has 2 aromatic carbocycles. The van der Waals surface area contributed by atoms with Gasteiger partial charge in [0.25, 0.3) is 0 Å². The molecule has 0 atom stereocenters. The normalized spacial score (nSPS) is 15.9. The van der Waals surface area contributed by atoms with Crippen molar-refractivity contribution in [2.24, 2.45) is 4.99 Å². The maximum absolute atomic E-state index is 5.91. The van der Waals surface area contributed by atoms with Gasteiger partial charge in [-0.25, -0.2) is 0 Å². The van der Waals surface area contributed by atoms with Crippen molar-refractivity contribution in [3.63, 3.8) is 0 Å². The Bertz CT molecular complexity index is 801. The zero-order valence-electron chi connectivity index (χ0n) is 19.3. The highest BCUT2D eigenvalue weighted by Crippen LogP contribution is 2.20. The van der Waals surface area contributed by atoms with E-state index in [2.05, 4.69) is 68.7 Å². The smallest absolute Gasteiger partial charge is 0.190 e. The molecule has 0 bridgehead atoms. The second-order valence-electron chi connectivity index (χ2n) is 8.12. The standard InChI is InChI=1S/C25H39N5O/c1-3-29-16-18-30(19-17-29)15-7-6-13-27-25(26-2)28-14-8-20-31-24-12-11-22-9-4-5-10-23(22)21-24/h4-5,9-12,21H,3,6-8,13-20H2,1-2H3,(H2,26,27,28). The molecule has 3 rings (SSSR count). The zero-order chi connectivity index (χ0) is 21.7. The zero-order valence-corrected chi connectivity index (χ0v) is 19.3. The monoisotopic (exact) mass is 425 g/mol. The van der Waals surface area contributed by atoms with Gasteiger partial charge in [0.1, 0.15) is 5.75 Å². The number of rotatable bonds is 11. The maximum atomic E-state index is 5.91. The summed E-state index contributed by atoms with van der Waals surface area (Å²) in [5.74, 6) is 1.81. The van der Waals surface area contributed by atoms with Crippen LogP contribution in [0.2, 0.25) is 0 Å². The molecule has 1 saturated heterocycles. The Balaban J connectivity index is 1.22. The largest absolute Gasteiger partial charge is 0.494 e. The number of nitrogens with zero attached hydrogens (tertiary/aromatic N) is 3. The minimum atomic E-state index is 0.688. The van der Waals surface area contributed by atoms with E-state index in [-0.39, 0.29) is 0 Å². The second kappa shape index (κ2) is 13.2. The molecule has 1 aliphatic rings. The number of unbranched alkanes of at least 4 members (excludes halogenated alkanes) is 1. The highest BCUT2D eigenvalue weighted by atomic mass is 16.5. The van der Waals surface area contributed by atoms with Crippen molar-refractivity contribution in [1.82, 2.24) is 20.4 Å². The summed E-state index contributed by atoms with van der Waals surface area (Å²) >= 11 is 0. The van der Waals surface area contributed by atoms with E-state index in [1.165, 1.54) is 62.9 Å². The van der Waals surface area contributed by atoms with Gasteiger partial charge in [0, 0.05) is 46.3 Å². The first kappa shape index (κ1) is 23.4. The van der Waals surface area contributed by atoms with Crippen molar-refractivity contribution in [2.45, 2.75) is 26.2 Å². The molecule has 0 aromatic heterocycles. The molecule has 1 aliphatic heterocycles. The van der Waals surface area contributed by atoms with Crippen LogP contribution in [0.15, 0.2) is 47.5 Å². The lowest BCUT2D eigenvalue weighted by atomic mass is 10.1. The number of nitrogens with one attached hydrogen (secondary N) is 2. The van der Waals surface area contributed by atoms with Gasteiger partial charge in [0.15, 0.2) is 5.96 Å². The second-order valence-corrected chi connectivity index (χ2v) is 8.12. The van der Waals surface area contributed by atoms with Crippen molar-refractivity contribution < 1.29 is 4.74 Å². The third-order valence-corrected chi connectivity index (χ3v) is 5.93. The molecule has 1 fully saturated rings. The van der Waals surface area contributed by atoms with E-state index in [0.29, 0.717) is 6.61 Å². The Labute approximate surface area is 187 Å². The molecule has 0 aliphatic carbocycles. The van der Waals surface area contributed by atoms with Gasteiger partial charge in [0.2, 0.25) is 0 Å². The molecular weight excluding hydrogens is 386 g/mol. The van der Waals surface area contributed by atoms with Gasteiger partial charge >= 0.3 is 0 Å². The Kier molecular flexibility index (Phi) is 9.93. The number of benzene rings is 2. The van der Waals surface area contributed by atoms with Crippen LogP contribution in [0.3, 0.4) is 0 Å². The quantitative estimate of drug-likeness (QED) is 0.329. The summed E-state index contributed by atoms with van der Waals surface area (Å²) in [5.41, 5.74) is 0. The van der Waals surface area contributed by atoms with Gasteiger partial charge in [0.05, 0.1) is 6.61 Å². The fraction of sp³-hybridized carbons (Fsp3) is 0.560. The number of aliphatic imine (C=N–C) groups is 1. The van der Waals surface area contributed by atoms with Crippen molar-refractivity contribution in [1.29, 1.82) is 0 Å². The average molecular weight is 426 g/mol. The van der Waals surface area contributed by atoms with E-state index in [0.717, 1.165) is 31.2 Å². The summed E-state index contributed by atoms with van der Waals surface area (Å²) in [6.45, 7) is 12.0. The van der Waals surface area contributed by atoms with Crippen LogP contribution in [-0.4, -0.2) is 81.8 Å². The molecule has 2 aromatic rings. The highest BCUT2D eigenvalue weighted by Gasteiger charge is 2.14. The predicted octanol–water partition coefficient (Wildman–Crippen LogP) is 3.19. The van der Waals surface area contributed by atoms with Gasteiger partial charge in [-0.3, -0.25) is 4.99 Å². The van der Waals surface area contributed by atoms with Crippen molar-refractivity contribution in [2.75, 3.05) is 66.0 Å². The average Bonchev–Trinajstić information content (AvgIpc) is 2.82. The molecular formula is C25H39N5O. The van der Waals surface area contributed by atoms with Crippen LogP contribution in [0.4, 0.5) is 0 Å². The Morgan fingerprint density at radius 2 is 1.61 bits per heavy atom. The van der Waals surface area contributed by atoms with Crippen LogP contribution in [-0.2, 0) is 0 Å². The van der Waals surface area contributed by atoms with E-state index in [9.17, 15) is 0 Å². The first-order valence-corrected chi connectivity index (χ1v) is 11.8. The number of piperazine rings is 1. The van der Waals surface area contributed by atoms with Crippen LogP contribution in [0.5, 0.6) is 5.75 Å². The van der Waals surface area contributed by atoms with E-state index in [4.69, 9.17) is 4.74 Å². The summed E-state index contributed by atoms with van der Waals surface area (Å²) in [4.78, 5) is 9.44. The van der Waals surface area contributed by atoms with Gasteiger partial charge < -0.3 is 25.2 Å². The lowest BCUT2D eigenvalue weighted by Crippen LogP contribution is -2.46. The lowest BCUT2D eigenvalue weighted by Gasteiger charge is -2.34. The summed E-state index contributed by atoms with van der Waals surface area (Å²) in [6, 6.07) is 14.6. The molecule has 0 unspecified atom stereocenters. The highest BCUT2D eigenvalue weighted by molar-refractivity contribution is 5.83. The number of hydrogen-bond acceptors (Lipinski definition) is 4. The third kappa shape index (κ3) is 8.04. The summed E-state index contributed by atoms with van der Waals surface area (Å²) in [7, 11) is 1.83. The Morgan fingerprint density at radius 3 is 2.35 bits per heavy atom. The van der Waals surface area contributed by atoms with Crippen LogP contribution in [0, 0.1) is 0 Å². The molecule has 31 heavy (non-hydrogen) atoms. The molecule has 170 valence electrons. The van der Waals surface area contributed by atoms with Gasteiger partial charge in [-0.2, -0.15) is 0 Å². The predicted molar refractivity (Wildman–Crippen MR) is 131 cm³/mol. The van der Waals surface area contributed by atoms with Crippen molar-refractivity contribution >= 4 is 16.7 Å². The van der Waals surface area contributed by atoms with E-state index >= 15 is 0 Å². The Morgan fingerprint density at radius 1 is 0.903 bits per heavy atom. The van der Waals surface area contributed by atoms with Crippen LogP contribution >= 0.6 is 0 Å². The molecule has 0 amide bonds. The number of ether oxygens (including phenoxy) is 1. The number of guanidine groups is 1. The molecule has 6 heteroatoms. The molecule has 0 spiro atoms. The molecule has 1 heterocycles. The summed E-state index contributed by atoms with van der Waals surface area (Å²) in [5, 5.41) is 9.26. The van der Waals surface area contributed by atoms with Gasteiger partial charge in [-0.15, -0.1) is 0 Å². The number of likely N-dealkylation sites (N-methyl/N-ethyl adjacent to an activating group) is 1. The SMILES string of the molecule is CCN1CCN(CCCCNC(=NC)NCCCOc2ccc3ccccc3c2)CC1. The molecule has 6 nitrogen and oxygen atoms in total. The molecule has 0 saturated carbocycles. The summed E-state index contributed by atoms with van der Waals surface area (Å²) < 4.78 is 5.91. The third-order valence-electron chi connectivity index (χ3n) is 5.93. The molecule has 0 radical (unpaired) electrons. The van der Waals surface area contributed by atoms with Crippen molar-refractivity contribution in [3.05, 3.63) is 42.5 Å². The minimum Gasteiger partial charge on any atom is -0.494 e. The minimum absolute atomic E-state index is 0.688. The van der Waals surface area contributed by atoms with E-state index in [1.807, 2.05) is 13.1 Å². The number of fused-ring (bicyclic) bond motifs is 1.